The van der Waals surface area contributed by atoms with E-state index in [2.05, 4.69) is 20.4 Å². The van der Waals surface area contributed by atoms with Crippen LogP contribution in [0.1, 0.15) is 78.1 Å². The molecule has 2 aliphatic rings. The van der Waals surface area contributed by atoms with Crippen molar-refractivity contribution >= 4 is 5.78 Å². The normalized spacial score (nSPS) is 28.7. The maximum atomic E-state index is 11.2. The second-order valence-electron chi connectivity index (χ2n) is 8.69. The van der Waals surface area contributed by atoms with Crippen LogP contribution in [0, 0.1) is 17.8 Å². The number of Topliss-reactive ketones (excluding diaryl/α,β-unsaturated/α-hetero) is 1. The maximum absolute atomic E-state index is 11.2. The molecule has 5 heteroatoms. The van der Waals surface area contributed by atoms with Crippen LogP contribution < -0.4 is 0 Å². The lowest BCUT2D eigenvalue weighted by Crippen LogP contribution is -2.14. The fourth-order valence-electron chi connectivity index (χ4n) is 4.88. The second-order valence-corrected chi connectivity index (χ2v) is 8.69. The fraction of sp³-hybridized carbons (Fsp3) is 0.783. The molecule has 0 aromatic heterocycles. The molecule has 1 unspecified atom stereocenters. The SMILES string of the molecule is C=C(CCC)[C@@H](C)CCC[C@H]1CC[C@@H]2OC(CCC(O)=C(O)C(=O)CO)C[C@H]12. The summed E-state index contributed by atoms with van der Waals surface area (Å²) >= 11 is 0. The number of hydrogen-bond donors (Lipinski definition) is 3. The number of hydrogen-bond acceptors (Lipinski definition) is 5. The molecule has 1 aliphatic heterocycles. The fourth-order valence-corrected chi connectivity index (χ4v) is 4.88. The molecule has 160 valence electrons. The molecular formula is C23H38O5. The Kier molecular flexibility index (Phi) is 9.03. The maximum Gasteiger partial charge on any atom is 0.225 e. The Hall–Kier alpha value is -1.33. The van der Waals surface area contributed by atoms with Crippen molar-refractivity contribution < 1.29 is 24.9 Å². The number of rotatable bonds is 12. The summed E-state index contributed by atoms with van der Waals surface area (Å²) in [5.74, 6) is -0.00517. The minimum atomic E-state index is -0.849. The highest BCUT2D eigenvalue weighted by Gasteiger charge is 2.43. The molecule has 28 heavy (non-hydrogen) atoms. The van der Waals surface area contributed by atoms with Crippen LogP contribution in [0.3, 0.4) is 0 Å². The molecule has 0 radical (unpaired) electrons. The predicted octanol–water partition coefficient (Wildman–Crippen LogP) is 5.00. The molecule has 0 bridgehead atoms. The van der Waals surface area contributed by atoms with E-state index in [1.54, 1.807) is 0 Å². The van der Waals surface area contributed by atoms with E-state index in [9.17, 15) is 15.0 Å². The van der Waals surface area contributed by atoms with Crippen molar-refractivity contribution in [2.75, 3.05) is 6.61 Å². The number of fused-ring (bicyclic) bond motifs is 1. The molecule has 0 spiro atoms. The summed E-state index contributed by atoms with van der Waals surface area (Å²) in [5.41, 5.74) is 1.38. The first-order valence-electron chi connectivity index (χ1n) is 11.0. The second kappa shape index (κ2) is 11.0. The highest BCUT2D eigenvalue weighted by atomic mass is 16.5. The topological polar surface area (TPSA) is 87.0 Å². The van der Waals surface area contributed by atoms with Crippen molar-refractivity contribution in [1.82, 2.24) is 0 Å². The molecule has 3 N–H and O–H groups in total. The van der Waals surface area contributed by atoms with Gasteiger partial charge in [0.25, 0.3) is 0 Å². The Labute approximate surface area is 169 Å². The Balaban J connectivity index is 1.74. The van der Waals surface area contributed by atoms with E-state index < -0.39 is 18.1 Å². The van der Waals surface area contributed by atoms with Gasteiger partial charge in [-0.05, 0) is 56.3 Å². The van der Waals surface area contributed by atoms with Gasteiger partial charge in [-0.1, -0.05) is 45.3 Å². The number of aliphatic hydroxyl groups excluding tert-OH is 3. The van der Waals surface area contributed by atoms with Gasteiger partial charge in [-0.2, -0.15) is 0 Å². The molecule has 1 aliphatic carbocycles. The number of ether oxygens (including phenoxy) is 1. The van der Waals surface area contributed by atoms with Gasteiger partial charge in [0.1, 0.15) is 12.4 Å². The number of allylic oxidation sites excluding steroid dienone is 2. The van der Waals surface area contributed by atoms with Gasteiger partial charge in [-0.25, -0.2) is 0 Å². The number of ketones is 1. The number of carbonyl (C=O) groups excluding carboxylic acids is 1. The zero-order valence-electron chi connectivity index (χ0n) is 17.5. The van der Waals surface area contributed by atoms with E-state index in [0.29, 0.717) is 24.4 Å². The number of carbonyl (C=O) groups is 1. The third kappa shape index (κ3) is 6.08. The van der Waals surface area contributed by atoms with E-state index in [0.717, 1.165) is 25.2 Å². The molecule has 0 aromatic rings. The van der Waals surface area contributed by atoms with Crippen LogP contribution >= 0.6 is 0 Å². The molecule has 1 heterocycles. The highest BCUT2D eigenvalue weighted by Crippen LogP contribution is 2.46. The first-order valence-corrected chi connectivity index (χ1v) is 11.0. The van der Waals surface area contributed by atoms with E-state index in [1.165, 1.54) is 37.7 Å². The summed E-state index contributed by atoms with van der Waals surface area (Å²) in [4.78, 5) is 11.2. The van der Waals surface area contributed by atoms with Crippen molar-refractivity contribution in [3.63, 3.8) is 0 Å². The number of aliphatic hydroxyl groups is 3. The quantitative estimate of drug-likeness (QED) is 0.246. The van der Waals surface area contributed by atoms with Gasteiger partial charge in [-0.15, -0.1) is 0 Å². The van der Waals surface area contributed by atoms with Crippen LogP contribution in [-0.2, 0) is 9.53 Å². The molecule has 5 nitrogen and oxygen atoms in total. The van der Waals surface area contributed by atoms with Crippen LogP contribution in [0.4, 0.5) is 0 Å². The molecule has 1 saturated heterocycles. The van der Waals surface area contributed by atoms with Crippen LogP contribution in [0.2, 0.25) is 0 Å². The van der Waals surface area contributed by atoms with Gasteiger partial charge in [0.05, 0.1) is 12.2 Å². The molecule has 0 aromatic carbocycles. The molecule has 1 saturated carbocycles. The lowest BCUT2D eigenvalue weighted by molar-refractivity contribution is -0.120. The summed E-state index contributed by atoms with van der Waals surface area (Å²) in [6, 6.07) is 0. The zero-order valence-corrected chi connectivity index (χ0v) is 17.5. The third-order valence-electron chi connectivity index (χ3n) is 6.67. The molecule has 2 rings (SSSR count). The Morgan fingerprint density at radius 1 is 1.21 bits per heavy atom. The van der Waals surface area contributed by atoms with Crippen molar-refractivity contribution in [2.24, 2.45) is 17.8 Å². The predicted molar refractivity (Wildman–Crippen MR) is 110 cm³/mol. The summed E-state index contributed by atoms with van der Waals surface area (Å²) in [6.07, 6.45) is 10.5. The van der Waals surface area contributed by atoms with E-state index >= 15 is 0 Å². The van der Waals surface area contributed by atoms with Crippen molar-refractivity contribution in [1.29, 1.82) is 0 Å². The standard InChI is InChI=1S/C23H38O5/c1-4-6-15(2)16(3)7-5-8-17-9-12-22-19(17)13-18(28-22)10-11-20(25)23(27)21(26)14-24/h16-19,22,24-25,27H,2,4-14H2,1,3H3/t16-,17-,18?,19+,22-/m0/s1. The lowest BCUT2D eigenvalue weighted by Gasteiger charge is -2.19. The van der Waals surface area contributed by atoms with Crippen LogP contribution in [0.15, 0.2) is 23.7 Å². The monoisotopic (exact) mass is 394 g/mol. The van der Waals surface area contributed by atoms with Crippen LogP contribution in [0.5, 0.6) is 0 Å². The van der Waals surface area contributed by atoms with Gasteiger partial charge in [0, 0.05) is 6.42 Å². The van der Waals surface area contributed by atoms with E-state index in [-0.39, 0.29) is 18.3 Å². The van der Waals surface area contributed by atoms with Gasteiger partial charge in [-0.3, -0.25) is 4.79 Å². The first-order chi connectivity index (χ1) is 13.4. The van der Waals surface area contributed by atoms with Crippen molar-refractivity contribution in [3.05, 3.63) is 23.7 Å². The average molecular weight is 395 g/mol. The minimum Gasteiger partial charge on any atom is -0.508 e. The van der Waals surface area contributed by atoms with Gasteiger partial charge in [0.15, 0.2) is 5.76 Å². The average Bonchev–Trinajstić information content (AvgIpc) is 3.25. The first kappa shape index (κ1) is 23.0. The molecule has 2 fully saturated rings. The summed E-state index contributed by atoms with van der Waals surface area (Å²) < 4.78 is 6.17. The van der Waals surface area contributed by atoms with E-state index in [1.807, 2.05) is 0 Å². The molecular weight excluding hydrogens is 356 g/mol. The Morgan fingerprint density at radius 2 is 1.96 bits per heavy atom. The Bertz CT molecular complexity index is 567. The van der Waals surface area contributed by atoms with Gasteiger partial charge in [0.2, 0.25) is 5.78 Å². The largest absolute Gasteiger partial charge is 0.508 e. The van der Waals surface area contributed by atoms with Crippen molar-refractivity contribution in [2.45, 2.75) is 90.3 Å². The third-order valence-corrected chi connectivity index (χ3v) is 6.67. The minimum absolute atomic E-state index is 0.0697. The van der Waals surface area contributed by atoms with Crippen molar-refractivity contribution in [3.8, 4) is 0 Å². The van der Waals surface area contributed by atoms with Gasteiger partial charge < -0.3 is 20.1 Å². The lowest BCUT2D eigenvalue weighted by atomic mass is 9.85. The Morgan fingerprint density at radius 3 is 2.64 bits per heavy atom. The highest BCUT2D eigenvalue weighted by molar-refractivity contribution is 5.94. The zero-order chi connectivity index (χ0) is 20.7. The van der Waals surface area contributed by atoms with Crippen LogP contribution in [0.25, 0.3) is 0 Å². The van der Waals surface area contributed by atoms with Crippen LogP contribution in [-0.4, -0.2) is 39.9 Å². The summed E-state index contributed by atoms with van der Waals surface area (Å²) in [6.45, 7) is 7.92. The summed E-state index contributed by atoms with van der Waals surface area (Å²) in [7, 11) is 0. The van der Waals surface area contributed by atoms with E-state index in [4.69, 9.17) is 9.84 Å². The van der Waals surface area contributed by atoms with Gasteiger partial charge >= 0.3 is 0 Å². The molecule has 5 atom stereocenters. The molecule has 0 amide bonds. The smallest absolute Gasteiger partial charge is 0.225 e. The summed E-state index contributed by atoms with van der Waals surface area (Å²) in [5, 5.41) is 28.1.